The van der Waals surface area contributed by atoms with E-state index in [0.717, 1.165) is 55.0 Å². The number of rotatable bonds is 5. The molecular formula is C23H23F3N4O. The number of halogens is 3. The normalized spacial score (nSPS) is 18.9. The van der Waals surface area contributed by atoms with Gasteiger partial charge in [0, 0.05) is 25.0 Å². The SMILES string of the molecule is FC(F)(F)c1ccc(N/N=C/C2=C(N3CCOCC3)C(=C\c3ccccc3)/CC2)nc1. The third kappa shape index (κ3) is 5.32. The lowest BCUT2D eigenvalue weighted by Crippen LogP contribution is -2.36. The van der Waals surface area contributed by atoms with E-state index in [1.54, 1.807) is 6.21 Å². The Morgan fingerprint density at radius 1 is 1.03 bits per heavy atom. The molecule has 1 aliphatic carbocycles. The summed E-state index contributed by atoms with van der Waals surface area (Å²) in [5.74, 6) is 0.260. The molecule has 0 atom stereocenters. The summed E-state index contributed by atoms with van der Waals surface area (Å²) in [6.45, 7) is 2.99. The van der Waals surface area contributed by atoms with Crippen LogP contribution in [0.3, 0.4) is 0 Å². The minimum Gasteiger partial charge on any atom is -0.378 e. The first-order valence-corrected chi connectivity index (χ1v) is 10.1. The Hall–Kier alpha value is -3.13. The summed E-state index contributed by atoms with van der Waals surface area (Å²) in [5.41, 5.74) is 6.60. The quantitative estimate of drug-likeness (QED) is 0.540. The number of pyridine rings is 1. The molecule has 31 heavy (non-hydrogen) atoms. The van der Waals surface area contributed by atoms with Gasteiger partial charge in [0.05, 0.1) is 25.0 Å². The number of benzene rings is 1. The zero-order chi connectivity index (χ0) is 21.7. The van der Waals surface area contributed by atoms with Crippen LogP contribution < -0.4 is 5.43 Å². The van der Waals surface area contributed by atoms with E-state index >= 15 is 0 Å². The molecule has 0 bridgehead atoms. The monoisotopic (exact) mass is 428 g/mol. The van der Waals surface area contributed by atoms with Gasteiger partial charge in [0.1, 0.15) is 5.82 Å². The maximum atomic E-state index is 12.7. The molecule has 0 unspecified atom stereocenters. The number of aromatic nitrogens is 1. The van der Waals surface area contributed by atoms with Crippen molar-refractivity contribution in [2.75, 3.05) is 31.7 Å². The highest BCUT2D eigenvalue weighted by Gasteiger charge is 2.30. The first-order chi connectivity index (χ1) is 15.0. The van der Waals surface area contributed by atoms with Gasteiger partial charge in [-0.25, -0.2) is 4.98 Å². The molecule has 0 spiro atoms. The van der Waals surface area contributed by atoms with Crippen molar-refractivity contribution in [2.24, 2.45) is 5.10 Å². The van der Waals surface area contributed by atoms with Crippen LogP contribution in [0.2, 0.25) is 0 Å². The van der Waals surface area contributed by atoms with Gasteiger partial charge in [-0.3, -0.25) is 5.43 Å². The summed E-state index contributed by atoms with van der Waals surface area (Å²) in [6, 6.07) is 12.4. The van der Waals surface area contributed by atoms with Crippen molar-refractivity contribution >= 4 is 18.1 Å². The van der Waals surface area contributed by atoms with Crippen LogP contribution in [0.1, 0.15) is 24.0 Å². The lowest BCUT2D eigenvalue weighted by atomic mass is 10.1. The van der Waals surface area contributed by atoms with E-state index in [0.29, 0.717) is 13.2 Å². The third-order valence-corrected chi connectivity index (χ3v) is 5.23. The Bertz CT molecular complexity index is 976. The zero-order valence-corrected chi connectivity index (χ0v) is 16.9. The van der Waals surface area contributed by atoms with Crippen LogP contribution in [0.4, 0.5) is 19.0 Å². The number of ether oxygens (including phenoxy) is 1. The molecule has 1 aliphatic heterocycles. The summed E-state index contributed by atoms with van der Waals surface area (Å²) >= 11 is 0. The number of hydrazone groups is 1. The number of hydrogen-bond donors (Lipinski definition) is 1. The molecule has 8 heteroatoms. The van der Waals surface area contributed by atoms with Gasteiger partial charge in [-0.15, -0.1) is 0 Å². The molecule has 0 saturated carbocycles. The number of nitrogens with one attached hydrogen (secondary N) is 1. The number of alkyl halides is 3. The first kappa shape index (κ1) is 21.1. The van der Waals surface area contributed by atoms with E-state index < -0.39 is 11.7 Å². The van der Waals surface area contributed by atoms with Crippen molar-refractivity contribution in [3.8, 4) is 0 Å². The summed E-state index contributed by atoms with van der Waals surface area (Å²) in [4.78, 5) is 6.11. The van der Waals surface area contributed by atoms with Crippen molar-refractivity contribution in [2.45, 2.75) is 19.0 Å². The summed E-state index contributed by atoms with van der Waals surface area (Å²) < 4.78 is 43.5. The smallest absolute Gasteiger partial charge is 0.378 e. The van der Waals surface area contributed by atoms with E-state index in [1.807, 2.05) is 18.2 Å². The Morgan fingerprint density at radius 3 is 2.48 bits per heavy atom. The van der Waals surface area contributed by atoms with Crippen LogP contribution in [0, 0.1) is 0 Å². The molecular weight excluding hydrogens is 405 g/mol. The van der Waals surface area contributed by atoms with Crippen LogP contribution in [0.25, 0.3) is 6.08 Å². The molecule has 1 aromatic carbocycles. The van der Waals surface area contributed by atoms with Crippen LogP contribution in [-0.4, -0.2) is 42.4 Å². The largest absolute Gasteiger partial charge is 0.417 e. The van der Waals surface area contributed by atoms with Gasteiger partial charge in [-0.05, 0) is 47.8 Å². The summed E-state index contributed by atoms with van der Waals surface area (Å²) in [5, 5.41) is 4.24. The van der Waals surface area contributed by atoms with E-state index in [4.69, 9.17) is 4.74 Å². The highest BCUT2D eigenvalue weighted by Crippen LogP contribution is 2.35. The highest BCUT2D eigenvalue weighted by molar-refractivity contribution is 5.84. The van der Waals surface area contributed by atoms with Crippen molar-refractivity contribution in [1.82, 2.24) is 9.88 Å². The van der Waals surface area contributed by atoms with Gasteiger partial charge < -0.3 is 9.64 Å². The van der Waals surface area contributed by atoms with Gasteiger partial charge in [0.15, 0.2) is 0 Å². The van der Waals surface area contributed by atoms with E-state index in [1.165, 1.54) is 11.6 Å². The lowest BCUT2D eigenvalue weighted by Gasteiger charge is -2.31. The van der Waals surface area contributed by atoms with Gasteiger partial charge in [-0.2, -0.15) is 18.3 Å². The number of morpholine rings is 1. The number of nitrogens with zero attached hydrogens (tertiary/aromatic N) is 3. The fourth-order valence-corrected chi connectivity index (χ4v) is 3.73. The lowest BCUT2D eigenvalue weighted by molar-refractivity contribution is -0.137. The molecule has 1 aromatic heterocycles. The molecule has 5 nitrogen and oxygen atoms in total. The maximum Gasteiger partial charge on any atom is 0.417 e. The highest BCUT2D eigenvalue weighted by atomic mass is 19.4. The van der Waals surface area contributed by atoms with Crippen molar-refractivity contribution < 1.29 is 17.9 Å². The summed E-state index contributed by atoms with van der Waals surface area (Å²) in [6.07, 6.45) is 2.09. The Kier molecular flexibility index (Phi) is 6.36. The van der Waals surface area contributed by atoms with Crippen molar-refractivity contribution in [3.63, 3.8) is 0 Å². The van der Waals surface area contributed by atoms with Crippen LogP contribution in [0.5, 0.6) is 0 Å². The molecule has 2 heterocycles. The van der Waals surface area contributed by atoms with Crippen molar-refractivity contribution in [3.05, 3.63) is 76.6 Å². The molecule has 4 rings (SSSR count). The Morgan fingerprint density at radius 2 is 1.81 bits per heavy atom. The Labute approximate surface area is 178 Å². The minimum atomic E-state index is -4.40. The van der Waals surface area contributed by atoms with Crippen molar-refractivity contribution in [1.29, 1.82) is 0 Å². The average Bonchev–Trinajstić information content (AvgIpc) is 3.17. The predicted molar refractivity (Wildman–Crippen MR) is 114 cm³/mol. The minimum absolute atomic E-state index is 0.260. The first-order valence-electron chi connectivity index (χ1n) is 10.1. The molecule has 2 aromatic rings. The topological polar surface area (TPSA) is 49.8 Å². The van der Waals surface area contributed by atoms with Gasteiger partial charge in [0.25, 0.3) is 0 Å². The fourth-order valence-electron chi connectivity index (χ4n) is 3.73. The van der Waals surface area contributed by atoms with Crippen LogP contribution in [0.15, 0.2) is 70.6 Å². The maximum absolute atomic E-state index is 12.7. The molecule has 2 aliphatic rings. The van der Waals surface area contributed by atoms with Crippen LogP contribution in [-0.2, 0) is 10.9 Å². The molecule has 1 saturated heterocycles. The number of allylic oxidation sites excluding steroid dienone is 2. The van der Waals surface area contributed by atoms with Gasteiger partial charge >= 0.3 is 6.18 Å². The second-order valence-corrected chi connectivity index (χ2v) is 7.35. The average molecular weight is 428 g/mol. The predicted octanol–water partition coefficient (Wildman–Crippen LogP) is 4.96. The molecule has 0 amide bonds. The second kappa shape index (κ2) is 9.34. The number of hydrogen-bond acceptors (Lipinski definition) is 5. The van der Waals surface area contributed by atoms with E-state index in [2.05, 4.69) is 38.6 Å². The molecule has 1 N–H and O–H groups in total. The summed E-state index contributed by atoms with van der Waals surface area (Å²) in [7, 11) is 0. The molecule has 162 valence electrons. The van der Waals surface area contributed by atoms with Gasteiger partial charge in [0.2, 0.25) is 0 Å². The van der Waals surface area contributed by atoms with Crippen LogP contribution >= 0.6 is 0 Å². The van der Waals surface area contributed by atoms with E-state index in [-0.39, 0.29) is 5.82 Å². The molecule has 1 fully saturated rings. The fraction of sp³-hybridized carbons (Fsp3) is 0.304. The molecule has 0 radical (unpaired) electrons. The van der Waals surface area contributed by atoms with E-state index in [9.17, 15) is 13.2 Å². The Balaban J connectivity index is 1.54. The third-order valence-electron chi connectivity index (χ3n) is 5.23. The second-order valence-electron chi connectivity index (χ2n) is 7.35. The van der Waals surface area contributed by atoms with Gasteiger partial charge in [-0.1, -0.05) is 30.3 Å². The zero-order valence-electron chi connectivity index (χ0n) is 16.9. The number of anilines is 1. The standard InChI is InChI=1S/C23H23F3N4O/c24-23(25,26)20-8-9-21(27-16-20)29-28-15-19-7-6-18(14-17-4-2-1-3-5-17)22(19)30-10-12-31-13-11-30/h1-5,8-9,14-16H,6-7,10-13H2,(H,27,29)/b18-14-,28-15+.